The fraction of sp³-hybridized carbons (Fsp3) is 0.350. The van der Waals surface area contributed by atoms with Crippen LogP contribution in [0.5, 0.6) is 0 Å². The number of anilines is 2. The first kappa shape index (κ1) is 21.7. The molecule has 3 atom stereocenters. The van der Waals surface area contributed by atoms with E-state index >= 15 is 0 Å². The Morgan fingerprint density at radius 1 is 1.18 bits per heavy atom. The van der Waals surface area contributed by atoms with Gasteiger partial charge in [0, 0.05) is 24.6 Å². The normalized spacial score (nSPS) is 23.7. The van der Waals surface area contributed by atoms with Crippen LogP contribution < -0.4 is 15.5 Å². The topological polar surface area (TPSA) is 57.5 Å². The molecule has 0 radical (unpaired) electrons. The standard InChI is InChI=1S/C20H16F6N6S/c21-9-1-2-11(22)10(5-9)14-7-20(25,26)8-31(14)15-3-4-32-18(28-15)16(17(24)30-32)29-19(33)27-13-6-12(13)23/h1-5,12-14H,6-8H2,(H2,27,29,33)/t12-,13+,14-/m1/s1. The molecule has 0 spiro atoms. The second-order valence-electron chi connectivity index (χ2n) is 8.05. The van der Waals surface area contributed by atoms with Gasteiger partial charge >= 0.3 is 0 Å². The lowest BCUT2D eigenvalue weighted by molar-refractivity contribution is 0.0221. The van der Waals surface area contributed by atoms with Gasteiger partial charge in [-0.25, -0.2) is 31.5 Å². The number of hydrogen-bond acceptors (Lipinski definition) is 4. The van der Waals surface area contributed by atoms with Crippen LogP contribution >= 0.6 is 12.2 Å². The monoisotopic (exact) mass is 486 g/mol. The van der Waals surface area contributed by atoms with E-state index in [1.165, 1.54) is 12.3 Å². The summed E-state index contributed by atoms with van der Waals surface area (Å²) in [7, 11) is 0. The van der Waals surface area contributed by atoms with Crippen molar-refractivity contribution in [2.75, 3.05) is 16.8 Å². The maximum Gasteiger partial charge on any atom is 0.267 e. The minimum absolute atomic E-state index is 0.0128. The summed E-state index contributed by atoms with van der Waals surface area (Å²) in [6, 6.07) is 2.31. The molecule has 1 aliphatic carbocycles. The van der Waals surface area contributed by atoms with Crippen molar-refractivity contribution in [3.63, 3.8) is 0 Å². The summed E-state index contributed by atoms with van der Waals surface area (Å²) >= 11 is 5.07. The molecule has 0 unspecified atom stereocenters. The maximum absolute atomic E-state index is 14.4. The first-order valence-corrected chi connectivity index (χ1v) is 10.4. The average Bonchev–Trinajstić information content (AvgIpc) is 3.20. The van der Waals surface area contributed by atoms with Gasteiger partial charge in [0.25, 0.3) is 11.9 Å². The number of thiocarbonyl (C=S) groups is 1. The molecule has 6 nitrogen and oxygen atoms in total. The fourth-order valence-electron chi connectivity index (χ4n) is 3.90. The number of nitrogens with zero attached hydrogens (tertiary/aromatic N) is 4. The summed E-state index contributed by atoms with van der Waals surface area (Å²) in [6.07, 6.45) is -0.210. The largest absolute Gasteiger partial charge is 0.357 e. The number of benzene rings is 1. The van der Waals surface area contributed by atoms with E-state index in [9.17, 15) is 26.3 Å². The zero-order valence-electron chi connectivity index (χ0n) is 16.7. The molecule has 3 heterocycles. The van der Waals surface area contributed by atoms with Gasteiger partial charge in [0.2, 0.25) is 0 Å². The lowest BCUT2D eigenvalue weighted by Crippen LogP contribution is -2.31. The van der Waals surface area contributed by atoms with Crippen molar-refractivity contribution in [2.45, 2.75) is 37.0 Å². The van der Waals surface area contributed by atoms with E-state index in [0.717, 1.165) is 27.6 Å². The van der Waals surface area contributed by atoms with Crippen LogP contribution in [0.25, 0.3) is 5.65 Å². The van der Waals surface area contributed by atoms with Crippen LogP contribution in [-0.4, -0.2) is 44.4 Å². The van der Waals surface area contributed by atoms with Gasteiger partial charge in [-0.3, -0.25) is 0 Å². The Labute approximate surface area is 188 Å². The molecule has 1 saturated carbocycles. The van der Waals surface area contributed by atoms with Crippen molar-refractivity contribution in [3.05, 3.63) is 53.6 Å². The van der Waals surface area contributed by atoms with Gasteiger partial charge in [-0.2, -0.15) is 4.39 Å². The lowest BCUT2D eigenvalue weighted by atomic mass is 10.0. The molecule has 1 saturated heterocycles. The van der Waals surface area contributed by atoms with E-state index in [1.54, 1.807) is 0 Å². The zero-order valence-corrected chi connectivity index (χ0v) is 17.5. The summed E-state index contributed by atoms with van der Waals surface area (Å²) in [5.74, 6) is -5.76. The van der Waals surface area contributed by atoms with E-state index in [1.807, 2.05) is 0 Å². The van der Waals surface area contributed by atoms with Gasteiger partial charge in [-0.1, -0.05) is 0 Å². The Hall–Kier alpha value is -3.09. The van der Waals surface area contributed by atoms with Gasteiger partial charge < -0.3 is 15.5 Å². The average molecular weight is 486 g/mol. The van der Waals surface area contributed by atoms with Crippen LogP contribution in [0.3, 0.4) is 0 Å². The van der Waals surface area contributed by atoms with E-state index in [4.69, 9.17) is 12.2 Å². The van der Waals surface area contributed by atoms with Crippen LogP contribution in [0.15, 0.2) is 30.5 Å². The molecule has 3 aromatic rings. The number of hydrogen-bond donors (Lipinski definition) is 2. The quantitative estimate of drug-likeness (QED) is 0.427. The number of alkyl halides is 3. The maximum atomic E-state index is 14.4. The molecular weight excluding hydrogens is 470 g/mol. The van der Waals surface area contributed by atoms with Crippen LogP contribution in [0, 0.1) is 17.6 Å². The molecule has 0 amide bonds. The Kier molecular flexibility index (Phi) is 5.10. The van der Waals surface area contributed by atoms with Crippen molar-refractivity contribution in [1.29, 1.82) is 0 Å². The van der Waals surface area contributed by atoms with Gasteiger partial charge in [0.15, 0.2) is 10.8 Å². The minimum Gasteiger partial charge on any atom is -0.357 e. The smallest absolute Gasteiger partial charge is 0.267 e. The number of halogens is 6. The number of fused-ring (bicyclic) bond motifs is 1. The molecule has 13 heteroatoms. The second kappa shape index (κ2) is 7.75. The van der Waals surface area contributed by atoms with Crippen molar-refractivity contribution < 1.29 is 26.3 Å². The molecule has 1 aromatic carbocycles. The second-order valence-corrected chi connectivity index (χ2v) is 8.45. The summed E-state index contributed by atoms with van der Waals surface area (Å²) in [6.45, 7) is -0.796. The first-order valence-electron chi connectivity index (χ1n) is 9.97. The first-order chi connectivity index (χ1) is 15.6. The Morgan fingerprint density at radius 2 is 1.94 bits per heavy atom. The third-order valence-corrected chi connectivity index (χ3v) is 5.80. The summed E-state index contributed by atoms with van der Waals surface area (Å²) < 4.78 is 85.4. The van der Waals surface area contributed by atoms with Crippen molar-refractivity contribution >= 4 is 34.5 Å². The molecule has 2 aliphatic rings. The van der Waals surface area contributed by atoms with E-state index in [2.05, 4.69) is 20.7 Å². The molecule has 0 bridgehead atoms. The SMILES string of the molecule is Fc1ccc(F)c([C@H]2CC(F)(F)CN2c2ccn3nc(F)c(NC(=S)N[C@H]4C[C@H]4F)c3n2)c1. The predicted molar refractivity (Wildman–Crippen MR) is 112 cm³/mol. The highest BCUT2D eigenvalue weighted by Crippen LogP contribution is 2.44. The van der Waals surface area contributed by atoms with Crippen molar-refractivity contribution in [1.82, 2.24) is 19.9 Å². The fourth-order valence-corrected chi connectivity index (χ4v) is 4.15. The molecule has 33 heavy (non-hydrogen) atoms. The van der Waals surface area contributed by atoms with Crippen LogP contribution in [0.1, 0.15) is 24.4 Å². The van der Waals surface area contributed by atoms with E-state index in [0.29, 0.717) is 0 Å². The summed E-state index contributed by atoms with van der Waals surface area (Å²) in [5.41, 5.74) is -0.539. The van der Waals surface area contributed by atoms with Crippen LogP contribution in [0.4, 0.5) is 37.8 Å². The van der Waals surface area contributed by atoms with Gasteiger partial charge in [0.1, 0.15) is 29.3 Å². The summed E-state index contributed by atoms with van der Waals surface area (Å²) in [5, 5.41) is 8.87. The number of rotatable bonds is 4. The Bertz CT molecular complexity index is 1250. The molecule has 174 valence electrons. The van der Waals surface area contributed by atoms with Gasteiger partial charge in [-0.05, 0) is 36.5 Å². The molecule has 2 aromatic heterocycles. The third-order valence-electron chi connectivity index (χ3n) is 5.58. The van der Waals surface area contributed by atoms with Gasteiger partial charge in [0.05, 0.1) is 18.6 Å². The molecule has 5 rings (SSSR count). The molecule has 1 aliphatic heterocycles. The number of nitrogens with one attached hydrogen (secondary N) is 2. The highest BCUT2D eigenvalue weighted by molar-refractivity contribution is 7.80. The van der Waals surface area contributed by atoms with Crippen LogP contribution in [-0.2, 0) is 0 Å². The zero-order chi connectivity index (χ0) is 23.5. The predicted octanol–water partition coefficient (Wildman–Crippen LogP) is 4.13. The molecule has 2 fully saturated rings. The van der Waals surface area contributed by atoms with Gasteiger partial charge in [-0.15, -0.1) is 5.10 Å². The van der Waals surface area contributed by atoms with Crippen molar-refractivity contribution in [3.8, 4) is 0 Å². The minimum atomic E-state index is -3.19. The Balaban J connectivity index is 1.50. The Morgan fingerprint density at radius 3 is 2.67 bits per heavy atom. The third kappa shape index (κ3) is 4.16. The highest BCUT2D eigenvalue weighted by atomic mass is 32.1. The lowest BCUT2D eigenvalue weighted by Gasteiger charge is -2.25. The van der Waals surface area contributed by atoms with E-state index < -0.39 is 54.7 Å². The number of aromatic nitrogens is 3. The van der Waals surface area contributed by atoms with Crippen molar-refractivity contribution in [2.24, 2.45) is 0 Å². The van der Waals surface area contributed by atoms with E-state index in [-0.39, 0.29) is 34.2 Å². The molecule has 2 N–H and O–H groups in total. The van der Waals surface area contributed by atoms with Crippen LogP contribution in [0.2, 0.25) is 0 Å². The highest BCUT2D eigenvalue weighted by Gasteiger charge is 2.47. The molecular formula is C20H16F6N6S. The summed E-state index contributed by atoms with van der Waals surface area (Å²) in [4.78, 5) is 5.39.